The van der Waals surface area contributed by atoms with Crippen molar-refractivity contribution in [2.75, 3.05) is 19.5 Å². The number of hydrogen-bond acceptors (Lipinski definition) is 9. The average molecular weight is 410 g/mol. The summed E-state index contributed by atoms with van der Waals surface area (Å²) in [4.78, 5) is 44.1. The van der Waals surface area contributed by atoms with Gasteiger partial charge in [0.2, 0.25) is 17.6 Å². The summed E-state index contributed by atoms with van der Waals surface area (Å²) in [6.45, 7) is 0. The van der Waals surface area contributed by atoms with Gasteiger partial charge in [0.25, 0.3) is 0 Å². The van der Waals surface area contributed by atoms with Crippen LogP contribution in [0, 0.1) is 0 Å². The normalized spacial score (nSPS) is 10.3. The van der Waals surface area contributed by atoms with Gasteiger partial charge in [-0.15, -0.1) is 0 Å². The molecule has 10 heteroatoms. The summed E-state index contributed by atoms with van der Waals surface area (Å²) in [7, 11) is 2.44. The molecular formula is C20H18N4O6. The second-order valence-electron chi connectivity index (χ2n) is 6.08. The van der Waals surface area contributed by atoms with E-state index in [1.807, 2.05) is 0 Å². The first-order chi connectivity index (χ1) is 14.5. The zero-order valence-corrected chi connectivity index (χ0v) is 16.2. The van der Waals surface area contributed by atoms with E-state index in [4.69, 9.17) is 4.52 Å². The molecular weight excluding hydrogens is 392 g/mol. The highest BCUT2D eigenvalue weighted by Gasteiger charge is 2.16. The molecule has 3 aromatic rings. The molecule has 0 spiro atoms. The van der Waals surface area contributed by atoms with Crippen molar-refractivity contribution in [3.8, 4) is 11.4 Å². The number of ether oxygens (including phenoxy) is 2. The Hall–Kier alpha value is -4.08. The van der Waals surface area contributed by atoms with Gasteiger partial charge in [-0.25, -0.2) is 9.59 Å². The van der Waals surface area contributed by atoms with E-state index >= 15 is 0 Å². The van der Waals surface area contributed by atoms with E-state index in [0.717, 1.165) is 5.56 Å². The number of amides is 1. The van der Waals surface area contributed by atoms with E-state index in [-0.39, 0.29) is 35.6 Å². The molecule has 1 N–H and O–H groups in total. The van der Waals surface area contributed by atoms with E-state index in [2.05, 4.69) is 29.9 Å². The molecule has 0 atom stereocenters. The summed E-state index contributed by atoms with van der Waals surface area (Å²) in [5.41, 5.74) is 1.22. The quantitative estimate of drug-likeness (QED) is 0.582. The van der Waals surface area contributed by atoms with Crippen LogP contribution in [-0.4, -0.2) is 47.2 Å². The molecule has 0 aliphatic carbocycles. The van der Waals surface area contributed by atoms with Crippen LogP contribution in [-0.2, 0) is 20.7 Å². The van der Waals surface area contributed by atoms with Crippen molar-refractivity contribution in [2.45, 2.75) is 12.8 Å². The van der Waals surface area contributed by atoms with Crippen molar-refractivity contribution in [3.63, 3.8) is 0 Å². The lowest BCUT2D eigenvalue weighted by molar-refractivity contribution is -0.116. The highest BCUT2D eigenvalue weighted by Crippen LogP contribution is 2.18. The Labute approximate surface area is 171 Å². The highest BCUT2D eigenvalue weighted by molar-refractivity contribution is 5.99. The molecule has 1 aromatic carbocycles. The molecule has 30 heavy (non-hydrogen) atoms. The number of aromatic nitrogens is 3. The van der Waals surface area contributed by atoms with Crippen LogP contribution < -0.4 is 5.32 Å². The van der Waals surface area contributed by atoms with Crippen LogP contribution in [0.1, 0.15) is 33.0 Å². The number of hydrogen-bond donors (Lipinski definition) is 1. The molecule has 1 amide bonds. The number of rotatable bonds is 7. The van der Waals surface area contributed by atoms with E-state index in [1.54, 1.807) is 24.5 Å². The molecule has 2 heterocycles. The predicted octanol–water partition coefficient (Wildman–Crippen LogP) is 2.28. The summed E-state index contributed by atoms with van der Waals surface area (Å²) < 4.78 is 14.5. The number of nitrogens with one attached hydrogen (secondary N) is 1. The lowest BCUT2D eigenvalue weighted by Crippen LogP contribution is -2.14. The van der Waals surface area contributed by atoms with Crippen molar-refractivity contribution in [3.05, 3.63) is 59.7 Å². The highest BCUT2D eigenvalue weighted by atomic mass is 16.5. The van der Waals surface area contributed by atoms with Gasteiger partial charge in [-0.05, 0) is 30.3 Å². The van der Waals surface area contributed by atoms with E-state index in [9.17, 15) is 14.4 Å². The Balaban J connectivity index is 1.66. The second-order valence-corrected chi connectivity index (χ2v) is 6.08. The fraction of sp³-hybridized carbons (Fsp3) is 0.200. The monoisotopic (exact) mass is 410 g/mol. The zero-order chi connectivity index (χ0) is 21.5. The molecule has 0 bridgehead atoms. The topological polar surface area (TPSA) is 134 Å². The van der Waals surface area contributed by atoms with Crippen LogP contribution >= 0.6 is 0 Å². The number of nitrogens with zero attached hydrogens (tertiary/aromatic N) is 3. The third kappa shape index (κ3) is 5.04. The third-order valence-electron chi connectivity index (χ3n) is 4.03. The fourth-order valence-electron chi connectivity index (χ4n) is 2.59. The predicted molar refractivity (Wildman–Crippen MR) is 104 cm³/mol. The molecule has 3 rings (SSSR count). The first-order valence-corrected chi connectivity index (χ1v) is 8.84. The number of benzene rings is 1. The molecule has 0 saturated heterocycles. The molecule has 2 aromatic heterocycles. The number of carbonyl (C=O) groups excluding carboxylic acids is 3. The maximum absolute atomic E-state index is 12.3. The van der Waals surface area contributed by atoms with Crippen molar-refractivity contribution in [2.24, 2.45) is 0 Å². The fourth-order valence-corrected chi connectivity index (χ4v) is 2.59. The van der Waals surface area contributed by atoms with Crippen LogP contribution in [0.25, 0.3) is 11.4 Å². The van der Waals surface area contributed by atoms with Crippen LogP contribution in [0.4, 0.5) is 5.69 Å². The maximum atomic E-state index is 12.3. The van der Waals surface area contributed by atoms with Gasteiger partial charge >= 0.3 is 11.9 Å². The van der Waals surface area contributed by atoms with Gasteiger partial charge in [-0.1, -0.05) is 5.16 Å². The van der Waals surface area contributed by atoms with Crippen LogP contribution in [0.2, 0.25) is 0 Å². The Kier molecular flexibility index (Phi) is 6.48. The first kappa shape index (κ1) is 20.6. The lowest BCUT2D eigenvalue weighted by Gasteiger charge is -2.09. The molecule has 10 nitrogen and oxygen atoms in total. The van der Waals surface area contributed by atoms with Gasteiger partial charge in [0.05, 0.1) is 25.3 Å². The van der Waals surface area contributed by atoms with Crippen molar-refractivity contribution >= 4 is 23.5 Å². The number of carbonyl (C=O) groups is 3. The third-order valence-corrected chi connectivity index (χ3v) is 4.03. The maximum Gasteiger partial charge on any atom is 0.337 e. The van der Waals surface area contributed by atoms with Gasteiger partial charge in [0.15, 0.2) is 0 Å². The van der Waals surface area contributed by atoms with Crippen LogP contribution in [0.5, 0.6) is 0 Å². The molecule has 0 unspecified atom stereocenters. The van der Waals surface area contributed by atoms with Crippen molar-refractivity contribution in [1.82, 2.24) is 15.1 Å². The minimum absolute atomic E-state index is 0.0496. The Morgan fingerprint density at radius 1 is 1.00 bits per heavy atom. The molecule has 154 valence electrons. The number of esters is 2. The average Bonchev–Trinajstić information content (AvgIpc) is 3.26. The molecule has 0 aliphatic heterocycles. The van der Waals surface area contributed by atoms with Gasteiger partial charge < -0.3 is 19.3 Å². The lowest BCUT2D eigenvalue weighted by atomic mass is 10.1. The number of pyridine rings is 1. The summed E-state index contributed by atoms with van der Waals surface area (Å²) in [6, 6.07) is 7.63. The van der Waals surface area contributed by atoms with Crippen molar-refractivity contribution in [1.29, 1.82) is 0 Å². The SMILES string of the molecule is COC(=O)c1cc(NC(=O)CCc2nc(-c3ccncc3)no2)cc(C(=O)OC)c1. The van der Waals surface area contributed by atoms with Crippen LogP contribution in [0.3, 0.4) is 0 Å². The molecule has 0 fully saturated rings. The largest absolute Gasteiger partial charge is 0.465 e. The van der Waals surface area contributed by atoms with Gasteiger partial charge in [0, 0.05) is 36.5 Å². The minimum atomic E-state index is -0.647. The Morgan fingerprint density at radius 3 is 2.23 bits per heavy atom. The molecule has 0 radical (unpaired) electrons. The Bertz CT molecular complexity index is 1030. The number of aryl methyl sites for hydroxylation is 1. The zero-order valence-electron chi connectivity index (χ0n) is 16.2. The minimum Gasteiger partial charge on any atom is -0.465 e. The van der Waals surface area contributed by atoms with Gasteiger partial charge in [0.1, 0.15) is 0 Å². The van der Waals surface area contributed by atoms with Gasteiger partial charge in [-0.2, -0.15) is 4.98 Å². The van der Waals surface area contributed by atoms with E-state index < -0.39 is 11.9 Å². The Morgan fingerprint density at radius 2 is 1.63 bits per heavy atom. The van der Waals surface area contributed by atoms with E-state index in [1.165, 1.54) is 32.4 Å². The number of anilines is 1. The molecule has 0 aliphatic rings. The van der Waals surface area contributed by atoms with E-state index in [0.29, 0.717) is 11.7 Å². The van der Waals surface area contributed by atoms with Gasteiger partial charge in [-0.3, -0.25) is 9.78 Å². The molecule has 0 saturated carbocycles. The second kappa shape index (κ2) is 9.41. The standard InChI is InChI=1S/C20H18N4O6/c1-28-19(26)13-9-14(20(27)29-2)11-15(10-13)22-16(25)3-4-17-23-18(24-30-17)12-5-7-21-8-6-12/h5-11H,3-4H2,1-2H3,(H,22,25). The number of methoxy groups -OCH3 is 2. The summed E-state index contributed by atoms with van der Waals surface area (Å²) in [6.07, 6.45) is 3.49. The summed E-state index contributed by atoms with van der Waals surface area (Å²) in [5.74, 6) is -0.954. The summed E-state index contributed by atoms with van der Waals surface area (Å²) >= 11 is 0. The van der Waals surface area contributed by atoms with Crippen LogP contribution in [0.15, 0.2) is 47.2 Å². The summed E-state index contributed by atoms with van der Waals surface area (Å²) in [5, 5.41) is 6.52. The van der Waals surface area contributed by atoms with Crippen molar-refractivity contribution < 1.29 is 28.4 Å². The first-order valence-electron chi connectivity index (χ1n) is 8.84. The smallest absolute Gasteiger partial charge is 0.337 e.